The van der Waals surface area contributed by atoms with Crippen molar-refractivity contribution in [2.75, 3.05) is 13.1 Å². The van der Waals surface area contributed by atoms with E-state index in [0.717, 1.165) is 24.1 Å². The number of imidazole rings is 1. The normalized spacial score (nSPS) is 25.6. The SMILES string of the molecule is Cl.O=c1[nH]c2cc3c(cc2[nH]1)C1CNCC3C1. The van der Waals surface area contributed by atoms with Crippen LogP contribution in [0.5, 0.6) is 0 Å². The number of hydrogen-bond donors (Lipinski definition) is 3. The van der Waals surface area contributed by atoms with Crippen LogP contribution in [0.2, 0.25) is 0 Å². The predicted molar refractivity (Wildman–Crippen MR) is 69.1 cm³/mol. The molecule has 4 rings (SSSR count). The summed E-state index contributed by atoms with van der Waals surface area (Å²) in [6.45, 7) is 2.15. The van der Waals surface area contributed by atoms with Crippen molar-refractivity contribution in [3.05, 3.63) is 33.7 Å². The Morgan fingerprint density at radius 3 is 2.06 bits per heavy atom. The van der Waals surface area contributed by atoms with Gasteiger partial charge in [0.1, 0.15) is 0 Å². The van der Waals surface area contributed by atoms with Gasteiger partial charge >= 0.3 is 5.69 Å². The Labute approximate surface area is 104 Å². The number of halogens is 1. The number of benzene rings is 1. The predicted octanol–water partition coefficient (Wildman–Crippen LogP) is 1.45. The molecule has 0 amide bonds. The van der Waals surface area contributed by atoms with E-state index in [0.29, 0.717) is 11.8 Å². The van der Waals surface area contributed by atoms with Gasteiger partial charge in [0, 0.05) is 13.1 Å². The van der Waals surface area contributed by atoms with Gasteiger partial charge in [0.25, 0.3) is 0 Å². The van der Waals surface area contributed by atoms with Crippen molar-refractivity contribution in [1.82, 2.24) is 15.3 Å². The molecule has 1 aromatic carbocycles. The first-order valence-electron chi connectivity index (χ1n) is 5.78. The first-order chi connectivity index (χ1) is 7.81. The smallest absolute Gasteiger partial charge is 0.316 e. The minimum atomic E-state index is -0.109. The van der Waals surface area contributed by atoms with Crippen molar-refractivity contribution in [2.24, 2.45) is 0 Å². The Balaban J connectivity index is 0.000000902. The molecule has 3 N–H and O–H groups in total. The number of rotatable bonds is 0. The Hall–Kier alpha value is -1.26. The Kier molecular flexibility index (Phi) is 2.31. The second-order valence-corrected chi connectivity index (χ2v) is 4.89. The van der Waals surface area contributed by atoms with E-state index >= 15 is 0 Å². The van der Waals surface area contributed by atoms with Crippen LogP contribution in [0.4, 0.5) is 0 Å². The topological polar surface area (TPSA) is 60.7 Å². The Morgan fingerprint density at radius 1 is 1.00 bits per heavy atom. The molecule has 2 bridgehead atoms. The molecule has 17 heavy (non-hydrogen) atoms. The van der Waals surface area contributed by atoms with Gasteiger partial charge in [-0.25, -0.2) is 4.79 Å². The third-order valence-electron chi connectivity index (χ3n) is 3.95. The molecule has 5 heteroatoms. The van der Waals surface area contributed by atoms with Gasteiger partial charge < -0.3 is 15.3 Å². The van der Waals surface area contributed by atoms with Crippen LogP contribution < -0.4 is 11.0 Å². The first-order valence-corrected chi connectivity index (χ1v) is 5.78. The van der Waals surface area contributed by atoms with E-state index in [4.69, 9.17) is 0 Å². The van der Waals surface area contributed by atoms with Crippen molar-refractivity contribution in [1.29, 1.82) is 0 Å². The summed E-state index contributed by atoms with van der Waals surface area (Å²) in [6, 6.07) is 4.31. The van der Waals surface area contributed by atoms with Gasteiger partial charge in [-0.15, -0.1) is 12.4 Å². The molecule has 1 aliphatic heterocycles. The van der Waals surface area contributed by atoms with Gasteiger partial charge in [-0.05, 0) is 41.5 Å². The lowest BCUT2D eigenvalue weighted by atomic mass is 9.98. The number of fused-ring (bicyclic) bond motifs is 6. The molecule has 2 heterocycles. The fraction of sp³-hybridized carbons (Fsp3) is 0.417. The molecule has 2 aromatic rings. The maximum absolute atomic E-state index is 11.2. The standard InChI is InChI=1S/C12H13N3O.ClH/c16-12-14-10-2-8-6-1-7(5-13-4-6)9(8)3-11(10)15-12;/h2-3,6-7,13H,1,4-5H2,(H2,14,15,16);1H. The van der Waals surface area contributed by atoms with E-state index < -0.39 is 0 Å². The van der Waals surface area contributed by atoms with Crippen molar-refractivity contribution >= 4 is 23.4 Å². The first kappa shape index (κ1) is 10.9. The van der Waals surface area contributed by atoms with Crippen LogP contribution in [0.1, 0.15) is 29.4 Å². The minimum absolute atomic E-state index is 0. The molecule has 1 aromatic heterocycles. The molecule has 90 valence electrons. The van der Waals surface area contributed by atoms with Gasteiger partial charge in [-0.1, -0.05) is 0 Å². The molecule has 2 atom stereocenters. The van der Waals surface area contributed by atoms with Crippen molar-refractivity contribution in [3.8, 4) is 0 Å². The Morgan fingerprint density at radius 2 is 1.53 bits per heavy atom. The van der Waals surface area contributed by atoms with Crippen LogP contribution in [0.3, 0.4) is 0 Å². The summed E-state index contributed by atoms with van der Waals surface area (Å²) >= 11 is 0. The number of aromatic amines is 2. The minimum Gasteiger partial charge on any atom is -0.316 e. The van der Waals surface area contributed by atoms with Crippen LogP contribution in [0.25, 0.3) is 11.0 Å². The van der Waals surface area contributed by atoms with Crippen molar-refractivity contribution in [3.63, 3.8) is 0 Å². The van der Waals surface area contributed by atoms with E-state index in [-0.39, 0.29) is 18.1 Å². The fourth-order valence-electron chi connectivity index (χ4n) is 3.24. The van der Waals surface area contributed by atoms with Crippen molar-refractivity contribution in [2.45, 2.75) is 18.3 Å². The molecular weight excluding hydrogens is 238 g/mol. The van der Waals surface area contributed by atoms with E-state index in [9.17, 15) is 4.79 Å². The number of nitrogens with one attached hydrogen (secondary N) is 3. The quantitative estimate of drug-likeness (QED) is 0.664. The number of H-pyrrole nitrogens is 2. The summed E-state index contributed by atoms with van der Waals surface area (Å²) in [6.07, 6.45) is 1.26. The zero-order valence-electron chi connectivity index (χ0n) is 9.25. The lowest BCUT2D eigenvalue weighted by Gasteiger charge is -2.19. The summed E-state index contributed by atoms with van der Waals surface area (Å²) in [5.41, 5.74) is 4.63. The van der Waals surface area contributed by atoms with Crippen LogP contribution >= 0.6 is 12.4 Å². The molecule has 0 saturated carbocycles. The number of hydrogen-bond acceptors (Lipinski definition) is 2. The second-order valence-electron chi connectivity index (χ2n) is 4.89. The van der Waals surface area contributed by atoms with Crippen LogP contribution in [0, 0.1) is 0 Å². The molecule has 2 unspecified atom stereocenters. The molecule has 1 saturated heterocycles. The molecule has 2 aliphatic rings. The van der Waals surface area contributed by atoms with E-state index in [2.05, 4.69) is 27.4 Å². The second kappa shape index (κ2) is 3.62. The average molecular weight is 252 g/mol. The van der Waals surface area contributed by atoms with Crippen molar-refractivity contribution < 1.29 is 0 Å². The van der Waals surface area contributed by atoms with E-state index in [1.54, 1.807) is 0 Å². The van der Waals surface area contributed by atoms with Gasteiger partial charge in [-0.3, -0.25) is 0 Å². The summed E-state index contributed by atoms with van der Waals surface area (Å²) < 4.78 is 0. The lowest BCUT2D eigenvalue weighted by Crippen LogP contribution is -2.28. The molecule has 4 nitrogen and oxygen atoms in total. The number of piperidine rings is 1. The molecular formula is C12H14ClN3O. The van der Waals surface area contributed by atoms with Crippen LogP contribution in [-0.2, 0) is 0 Å². The maximum atomic E-state index is 11.2. The van der Waals surface area contributed by atoms with Gasteiger partial charge in [0.15, 0.2) is 0 Å². The highest BCUT2D eigenvalue weighted by atomic mass is 35.5. The monoisotopic (exact) mass is 251 g/mol. The Bertz CT molecular complexity index is 580. The molecule has 0 spiro atoms. The number of aromatic nitrogens is 2. The van der Waals surface area contributed by atoms with E-state index in [1.807, 2.05) is 0 Å². The van der Waals surface area contributed by atoms with Crippen LogP contribution in [-0.4, -0.2) is 23.1 Å². The highest BCUT2D eigenvalue weighted by molar-refractivity contribution is 5.85. The highest BCUT2D eigenvalue weighted by Crippen LogP contribution is 2.44. The zero-order chi connectivity index (χ0) is 10.7. The highest BCUT2D eigenvalue weighted by Gasteiger charge is 2.34. The molecule has 1 aliphatic carbocycles. The maximum Gasteiger partial charge on any atom is 0.323 e. The van der Waals surface area contributed by atoms with Gasteiger partial charge in [0.2, 0.25) is 0 Å². The van der Waals surface area contributed by atoms with E-state index in [1.165, 1.54) is 17.5 Å². The molecule has 1 fully saturated rings. The fourth-order valence-corrected chi connectivity index (χ4v) is 3.24. The average Bonchev–Trinajstić information content (AvgIpc) is 2.76. The lowest BCUT2D eigenvalue weighted by molar-refractivity contribution is 0.454. The van der Waals surface area contributed by atoms with Gasteiger partial charge in [-0.2, -0.15) is 0 Å². The zero-order valence-corrected chi connectivity index (χ0v) is 10.1. The summed E-state index contributed by atoms with van der Waals surface area (Å²) in [5, 5.41) is 3.47. The summed E-state index contributed by atoms with van der Waals surface area (Å²) in [4.78, 5) is 16.9. The largest absolute Gasteiger partial charge is 0.323 e. The summed E-state index contributed by atoms with van der Waals surface area (Å²) in [5.74, 6) is 1.27. The van der Waals surface area contributed by atoms with Gasteiger partial charge in [0.05, 0.1) is 11.0 Å². The molecule has 0 radical (unpaired) electrons. The third-order valence-corrected chi connectivity index (χ3v) is 3.95. The summed E-state index contributed by atoms with van der Waals surface area (Å²) in [7, 11) is 0. The third kappa shape index (κ3) is 1.44. The van der Waals surface area contributed by atoms with Crippen LogP contribution in [0.15, 0.2) is 16.9 Å².